The Balaban J connectivity index is 2.33. The number of Topliss-reactive ketones (excluding diaryl/α,β-unsaturated/α-hetero) is 1. The fraction of sp³-hybridized carbons (Fsp3) is 0.733. The van der Waals surface area contributed by atoms with Crippen LogP contribution in [0.4, 0.5) is 0 Å². The summed E-state index contributed by atoms with van der Waals surface area (Å²) in [5.41, 5.74) is -0.117. The van der Waals surface area contributed by atoms with Gasteiger partial charge in [0.15, 0.2) is 5.78 Å². The van der Waals surface area contributed by atoms with Crippen molar-refractivity contribution in [3.05, 3.63) is 35.9 Å². The number of aliphatic hydroxyl groups is 1. The van der Waals surface area contributed by atoms with E-state index in [1.165, 1.54) is 61.6 Å². The molecule has 0 aromatic heterocycles. The number of carbonyl (C=O) groups is 10. The minimum atomic E-state index is -1.53. The predicted octanol–water partition coefficient (Wildman–Crippen LogP) is 3.48. The summed E-state index contributed by atoms with van der Waals surface area (Å²) in [6.45, 7) is 23.0. The average Bonchev–Trinajstić information content (AvgIpc) is 3.47. The number of benzene rings is 1. The molecular weight excluding hydrogens is 1040 g/mol. The van der Waals surface area contributed by atoms with Gasteiger partial charge in [0.1, 0.15) is 48.3 Å². The van der Waals surface area contributed by atoms with Crippen molar-refractivity contribution < 1.29 is 57.8 Å². The Morgan fingerprint density at radius 3 is 1.72 bits per heavy atom. The maximum atomic E-state index is 15.1. The molecule has 5 N–H and O–H groups in total. The summed E-state index contributed by atoms with van der Waals surface area (Å²) in [6.07, 6.45) is 0.423. The molecule has 3 rings (SSSR count). The van der Waals surface area contributed by atoms with Crippen LogP contribution in [-0.2, 0) is 59.1 Å². The molecule has 0 spiro atoms. The number of aliphatic hydroxyl groups excluding tert-OH is 1. The Bertz CT molecular complexity index is 2320. The van der Waals surface area contributed by atoms with Gasteiger partial charge in [-0.3, -0.25) is 47.9 Å². The summed E-state index contributed by atoms with van der Waals surface area (Å²) >= 11 is 0. The third kappa shape index (κ3) is 20.2. The SMILES string of the molecule is CC[C@H](C)[C@H]1C(=O)N[C@H](C(=O)N2CCCCC2)CC(=O)N[C@H](C(C)C)C(=O)N(C)[C@@H](Cc2ccccc2)C(=O)N(C)[C@@H](CC(C)C)C(=O)N[C@@H]([C@@H](C)O)C(=O)C(C)CC(=O)N(C)[C@@H](CC(C)C)C(=O)N[C@@H](COC(C)(C)C)C(=O)N1C. The van der Waals surface area contributed by atoms with Crippen LogP contribution in [0, 0.1) is 29.6 Å². The van der Waals surface area contributed by atoms with E-state index in [1.807, 2.05) is 34.6 Å². The van der Waals surface area contributed by atoms with Gasteiger partial charge in [0.2, 0.25) is 53.2 Å². The van der Waals surface area contributed by atoms with E-state index in [4.69, 9.17) is 4.74 Å². The average molecular weight is 1140 g/mol. The molecule has 81 heavy (non-hydrogen) atoms. The first-order valence-electron chi connectivity index (χ1n) is 29.2. The van der Waals surface area contributed by atoms with Crippen LogP contribution in [0.3, 0.4) is 0 Å². The van der Waals surface area contributed by atoms with Crippen molar-refractivity contribution in [2.75, 3.05) is 47.9 Å². The Kier molecular flexibility index (Phi) is 26.9. The second kappa shape index (κ2) is 31.5. The van der Waals surface area contributed by atoms with Crippen LogP contribution >= 0.6 is 0 Å². The van der Waals surface area contributed by atoms with E-state index in [0.29, 0.717) is 37.9 Å². The Morgan fingerprint density at radius 2 is 1.20 bits per heavy atom. The van der Waals surface area contributed by atoms with E-state index in [2.05, 4.69) is 21.3 Å². The van der Waals surface area contributed by atoms with Crippen molar-refractivity contribution >= 4 is 58.9 Å². The molecule has 456 valence electrons. The van der Waals surface area contributed by atoms with E-state index in [9.17, 15) is 48.3 Å². The van der Waals surface area contributed by atoms with Gasteiger partial charge in [-0.2, -0.15) is 0 Å². The molecule has 2 fully saturated rings. The smallest absolute Gasteiger partial charge is 0.247 e. The lowest BCUT2D eigenvalue weighted by Gasteiger charge is -2.38. The number of rotatable bonds is 13. The molecule has 11 atom stereocenters. The molecule has 0 radical (unpaired) electrons. The second-order valence-electron chi connectivity index (χ2n) is 24.8. The number of hydrogen-bond acceptors (Lipinski definition) is 12. The van der Waals surface area contributed by atoms with Crippen LogP contribution < -0.4 is 21.3 Å². The van der Waals surface area contributed by atoms with Gasteiger partial charge in [-0.1, -0.05) is 99.1 Å². The van der Waals surface area contributed by atoms with Gasteiger partial charge >= 0.3 is 0 Å². The van der Waals surface area contributed by atoms with Crippen molar-refractivity contribution in [3.63, 3.8) is 0 Å². The molecule has 1 unspecified atom stereocenters. The minimum absolute atomic E-state index is 0.00735. The summed E-state index contributed by atoms with van der Waals surface area (Å²) in [6, 6.07) is -1.58. The first kappa shape index (κ1) is 69.3. The molecule has 0 saturated carbocycles. The molecule has 0 bridgehead atoms. The quantitative estimate of drug-likeness (QED) is 0.190. The Labute approximate surface area is 482 Å². The largest absolute Gasteiger partial charge is 0.391 e. The van der Waals surface area contributed by atoms with Crippen molar-refractivity contribution in [1.29, 1.82) is 0 Å². The second-order valence-corrected chi connectivity index (χ2v) is 24.8. The topological polar surface area (TPSA) is 264 Å². The lowest BCUT2D eigenvalue weighted by Crippen LogP contribution is -2.62. The van der Waals surface area contributed by atoms with Gasteiger partial charge in [-0.15, -0.1) is 0 Å². The number of piperidine rings is 1. The number of carbonyl (C=O) groups excluding carboxylic acids is 10. The number of likely N-dealkylation sites (N-methyl/N-ethyl adjacent to an activating group) is 4. The maximum Gasteiger partial charge on any atom is 0.247 e. The summed E-state index contributed by atoms with van der Waals surface area (Å²) in [5.74, 6) is -9.34. The highest BCUT2D eigenvalue weighted by Crippen LogP contribution is 2.23. The molecular formula is C60H99N9O12. The lowest BCUT2D eigenvalue weighted by atomic mass is 9.92. The Hall–Kier alpha value is -5.96. The van der Waals surface area contributed by atoms with Crippen LogP contribution in [-0.4, -0.2) is 196 Å². The standard InChI is InChI=1S/C60H99N9O12/c1-18-38(8)51-55(76)61-42(57(78)69-27-23-20-24-28-69)33-47(71)63-49(37(6)7)59(80)67(16)46(32-41-25-21-19-22-26-41)58(79)66(15)45(30-36(4)5)54(75)64-50(40(10)70)52(73)39(9)31-48(72)65(14)44(29-35(2)3)53(74)62-43(56(77)68(51)17)34-81-60(11,12)13/h19,21-22,25-26,35-40,42-46,49-51,70H,18,20,23-24,27-34H2,1-17H3,(H,61,76)(H,62,74)(H,63,71)(H,64,75)/t38-,39?,40+,42-,43-,44-,45-,46-,49+,50-,51-/m0/s1. The summed E-state index contributed by atoms with van der Waals surface area (Å²) < 4.78 is 6.11. The number of nitrogens with one attached hydrogen (secondary N) is 4. The Morgan fingerprint density at radius 1 is 0.654 bits per heavy atom. The lowest BCUT2D eigenvalue weighted by molar-refractivity contribution is -0.150. The fourth-order valence-electron chi connectivity index (χ4n) is 10.4. The highest BCUT2D eigenvalue weighted by Gasteiger charge is 2.43. The molecule has 21 heteroatoms. The van der Waals surface area contributed by atoms with Crippen molar-refractivity contribution in [1.82, 2.24) is 45.8 Å². The highest BCUT2D eigenvalue weighted by atomic mass is 16.5. The van der Waals surface area contributed by atoms with Gasteiger partial charge in [-0.05, 0) is 89.0 Å². The van der Waals surface area contributed by atoms with Gasteiger partial charge in [0.25, 0.3) is 0 Å². The van der Waals surface area contributed by atoms with E-state index in [0.717, 1.165) is 6.42 Å². The fourth-order valence-corrected chi connectivity index (χ4v) is 10.4. The van der Waals surface area contributed by atoms with E-state index >= 15 is 4.79 Å². The van der Waals surface area contributed by atoms with Gasteiger partial charge < -0.3 is 55.6 Å². The van der Waals surface area contributed by atoms with Crippen molar-refractivity contribution in [2.24, 2.45) is 29.6 Å². The number of hydrogen-bond donors (Lipinski definition) is 5. The van der Waals surface area contributed by atoms with Crippen LogP contribution in [0.1, 0.15) is 147 Å². The van der Waals surface area contributed by atoms with Gasteiger partial charge in [0.05, 0.1) is 24.7 Å². The first-order chi connectivity index (χ1) is 37.7. The zero-order valence-corrected chi connectivity index (χ0v) is 51.6. The first-order valence-corrected chi connectivity index (χ1v) is 29.2. The zero-order valence-electron chi connectivity index (χ0n) is 51.6. The maximum absolute atomic E-state index is 15.1. The van der Waals surface area contributed by atoms with Crippen molar-refractivity contribution in [3.8, 4) is 0 Å². The number of likely N-dealkylation sites (tertiary alicyclic amines) is 1. The molecule has 2 aliphatic rings. The van der Waals surface area contributed by atoms with Crippen LogP contribution in [0.5, 0.6) is 0 Å². The molecule has 21 nitrogen and oxygen atoms in total. The van der Waals surface area contributed by atoms with Crippen LogP contribution in [0.2, 0.25) is 0 Å². The molecule has 2 aliphatic heterocycles. The third-order valence-corrected chi connectivity index (χ3v) is 15.5. The molecule has 1 aromatic rings. The molecule has 0 aliphatic carbocycles. The van der Waals surface area contributed by atoms with E-state index in [1.54, 1.807) is 76.8 Å². The van der Waals surface area contributed by atoms with E-state index < -0.39 is 150 Å². The molecule has 2 saturated heterocycles. The third-order valence-electron chi connectivity index (χ3n) is 15.5. The predicted molar refractivity (Wildman–Crippen MR) is 309 cm³/mol. The van der Waals surface area contributed by atoms with Crippen molar-refractivity contribution in [2.45, 2.75) is 208 Å². The monoisotopic (exact) mass is 1140 g/mol. The van der Waals surface area contributed by atoms with Crippen LogP contribution in [0.25, 0.3) is 0 Å². The zero-order chi connectivity index (χ0) is 61.4. The van der Waals surface area contributed by atoms with Gasteiger partial charge in [0, 0.05) is 60.0 Å². The number of ether oxygens (including phenoxy) is 1. The molecule has 9 amide bonds. The summed E-state index contributed by atoms with van der Waals surface area (Å²) in [5, 5.41) is 22.3. The van der Waals surface area contributed by atoms with Gasteiger partial charge in [-0.25, -0.2) is 0 Å². The molecule has 1 aromatic carbocycles. The number of amides is 9. The van der Waals surface area contributed by atoms with Crippen LogP contribution in [0.15, 0.2) is 30.3 Å². The molecule has 2 heterocycles. The summed E-state index contributed by atoms with van der Waals surface area (Å²) in [7, 11) is 5.70. The number of ketones is 1. The normalized spacial score (nSPS) is 26.8. The minimum Gasteiger partial charge on any atom is -0.391 e. The highest BCUT2D eigenvalue weighted by molar-refractivity contribution is 6.00. The summed E-state index contributed by atoms with van der Waals surface area (Å²) in [4.78, 5) is 153. The van der Waals surface area contributed by atoms with E-state index in [-0.39, 0.29) is 37.7 Å². The number of nitrogens with zero attached hydrogens (tertiary/aromatic N) is 5.